The summed E-state index contributed by atoms with van der Waals surface area (Å²) in [6.07, 6.45) is -3.17. The molecule has 3 atom stereocenters. The first-order valence-electron chi connectivity index (χ1n) is 13.2. The summed E-state index contributed by atoms with van der Waals surface area (Å²) in [5, 5.41) is 24.6. The van der Waals surface area contributed by atoms with Gasteiger partial charge in [0.25, 0.3) is 5.91 Å². The Labute approximate surface area is 225 Å². The highest BCUT2D eigenvalue weighted by atomic mass is 16.5. The van der Waals surface area contributed by atoms with E-state index in [1.54, 1.807) is 4.90 Å². The van der Waals surface area contributed by atoms with E-state index in [-0.39, 0.29) is 12.5 Å². The summed E-state index contributed by atoms with van der Waals surface area (Å²) in [5.74, 6) is -0.298. The van der Waals surface area contributed by atoms with E-state index in [1.807, 2.05) is 117 Å². The number of fused-ring (bicyclic) bond motifs is 1. The monoisotopic (exact) mass is 511 g/mol. The van der Waals surface area contributed by atoms with Gasteiger partial charge in [-0.25, -0.2) is 0 Å². The van der Waals surface area contributed by atoms with Crippen LogP contribution in [0.1, 0.15) is 37.0 Å². The van der Waals surface area contributed by atoms with E-state index >= 15 is 0 Å². The van der Waals surface area contributed by atoms with E-state index in [1.165, 1.54) is 0 Å². The molecule has 0 aliphatic carbocycles. The van der Waals surface area contributed by atoms with Crippen molar-refractivity contribution in [3.8, 4) is 0 Å². The fraction of sp³-hybridized carbons (Fsp3) is 0.303. The van der Waals surface area contributed by atoms with Gasteiger partial charge in [0, 0.05) is 13.1 Å². The molecular formula is C33H37NO4. The van der Waals surface area contributed by atoms with Crippen LogP contribution >= 0.6 is 0 Å². The molecule has 0 aromatic heterocycles. The highest BCUT2D eigenvalue weighted by Crippen LogP contribution is 2.21. The lowest BCUT2D eigenvalue weighted by atomic mass is 9.97. The number of rotatable bonds is 12. The van der Waals surface area contributed by atoms with Crippen molar-refractivity contribution in [2.24, 2.45) is 5.92 Å². The Morgan fingerprint density at radius 1 is 0.737 bits per heavy atom. The fourth-order valence-corrected chi connectivity index (χ4v) is 4.70. The molecule has 0 aliphatic rings. The quantitative estimate of drug-likeness (QED) is 0.255. The number of nitrogens with zero attached hydrogens (tertiary/aromatic N) is 1. The first-order chi connectivity index (χ1) is 18.4. The van der Waals surface area contributed by atoms with Crippen LogP contribution in [-0.4, -0.2) is 39.3 Å². The second-order valence-electron chi connectivity index (χ2n) is 10.3. The average molecular weight is 512 g/mol. The lowest BCUT2D eigenvalue weighted by Gasteiger charge is -2.32. The van der Waals surface area contributed by atoms with Gasteiger partial charge in [-0.3, -0.25) is 4.79 Å². The van der Waals surface area contributed by atoms with E-state index in [0.29, 0.717) is 19.5 Å². The number of carbonyl (C=O) groups excluding carboxylic acids is 1. The molecule has 3 unspecified atom stereocenters. The Morgan fingerprint density at radius 3 is 1.87 bits per heavy atom. The summed E-state index contributed by atoms with van der Waals surface area (Å²) in [6, 6.07) is 33.5. The zero-order chi connectivity index (χ0) is 26.9. The van der Waals surface area contributed by atoms with E-state index in [9.17, 15) is 15.0 Å². The normalized spacial score (nSPS) is 13.8. The van der Waals surface area contributed by atoms with Gasteiger partial charge in [0.15, 0.2) is 6.10 Å². The van der Waals surface area contributed by atoms with Crippen molar-refractivity contribution in [3.05, 3.63) is 120 Å². The van der Waals surface area contributed by atoms with Gasteiger partial charge >= 0.3 is 0 Å². The van der Waals surface area contributed by atoms with E-state index in [0.717, 1.165) is 27.5 Å². The van der Waals surface area contributed by atoms with Crippen LogP contribution < -0.4 is 0 Å². The minimum absolute atomic E-state index is 0.170. The molecule has 2 N–H and O–H groups in total. The number of carbonyl (C=O) groups is 1. The molecule has 4 aromatic rings. The number of aliphatic hydroxyl groups excluding tert-OH is 2. The molecule has 0 bridgehead atoms. The van der Waals surface area contributed by atoms with Gasteiger partial charge in [-0.2, -0.15) is 0 Å². The molecule has 0 heterocycles. The third kappa shape index (κ3) is 7.51. The van der Waals surface area contributed by atoms with Gasteiger partial charge < -0.3 is 19.8 Å². The molecule has 5 nitrogen and oxygen atoms in total. The minimum atomic E-state index is -1.52. The Hall–Kier alpha value is -3.51. The average Bonchev–Trinajstić information content (AvgIpc) is 2.93. The second-order valence-corrected chi connectivity index (χ2v) is 10.3. The van der Waals surface area contributed by atoms with Crippen LogP contribution in [0.2, 0.25) is 0 Å². The SMILES string of the molecule is CC(C)CC(O)C(OCc1ccc2ccccc2c1)C(O)C(=O)N(Cc1ccccc1)Cc1ccccc1. The van der Waals surface area contributed by atoms with Crippen LogP contribution in [-0.2, 0) is 29.2 Å². The van der Waals surface area contributed by atoms with E-state index in [4.69, 9.17) is 4.74 Å². The third-order valence-corrected chi connectivity index (χ3v) is 6.66. The molecule has 1 amide bonds. The van der Waals surface area contributed by atoms with Crippen molar-refractivity contribution in [1.29, 1.82) is 0 Å². The lowest BCUT2D eigenvalue weighted by molar-refractivity contribution is -0.161. The van der Waals surface area contributed by atoms with Crippen LogP contribution in [0.3, 0.4) is 0 Å². The minimum Gasteiger partial charge on any atom is -0.390 e. The van der Waals surface area contributed by atoms with Crippen molar-refractivity contribution >= 4 is 16.7 Å². The zero-order valence-corrected chi connectivity index (χ0v) is 22.1. The smallest absolute Gasteiger partial charge is 0.254 e. The number of hydrogen-bond acceptors (Lipinski definition) is 4. The van der Waals surface area contributed by atoms with Gasteiger partial charge in [0.1, 0.15) is 6.10 Å². The van der Waals surface area contributed by atoms with Crippen LogP contribution in [0.5, 0.6) is 0 Å². The first-order valence-corrected chi connectivity index (χ1v) is 13.2. The molecule has 0 saturated heterocycles. The van der Waals surface area contributed by atoms with Gasteiger partial charge in [-0.1, -0.05) is 111 Å². The molecule has 5 heteroatoms. The maximum atomic E-state index is 13.8. The topological polar surface area (TPSA) is 70.0 Å². The highest BCUT2D eigenvalue weighted by molar-refractivity contribution is 5.83. The molecule has 198 valence electrons. The van der Waals surface area contributed by atoms with Gasteiger partial charge in [-0.15, -0.1) is 0 Å². The Kier molecular flexibility index (Phi) is 9.66. The van der Waals surface area contributed by atoms with Crippen molar-refractivity contribution in [2.75, 3.05) is 0 Å². The summed E-state index contributed by atoms with van der Waals surface area (Å²) in [7, 11) is 0. The molecule has 0 spiro atoms. The lowest BCUT2D eigenvalue weighted by Crippen LogP contribution is -2.50. The summed E-state index contributed by atoms with van der Waals surface area (Å²) in [5.41, 5.74) is 2.83. The predicted octanol–water partition coefficient (Wildman–Crippen LogP) is 5.72. The second kappa shape index (κ2) is 13.3. The Bertz CT molecular complexity index is 1250. The van der Waals surface area contributed by atoms with Crippen molar-refractivity contribution in [3.63, 3.8) is 0 Å². The summed E-state index contributed by atoms with van der Waals surface area (Å²) >= 11 is 0. The van der Waals surface area contributed by atoms with Crippen molar-refractivity contribution in [1.82, 2.24) is 4.90 Å². The van der Waals surface area contributed by atoms with Gasteiger partial charge in [0.05, 0.1) is 12.7 Å². The number of benzene rings is 4. The first kappa shape index (κ1) is 27.5. The highest BCUT2D eigenvalue weighted by Gasteiger charge is 2.36. The zero-order valence-electron chi connectivity index (χ0n) is 22.1. The molecule has 4 rings (SSSR count). The largest absolute Gasteiger partial charge is 0.390 e. The molecule has 0 fully saturated rings. The van der Waals surface area contributed by atoms with Crippen molar-refractivity contribution in [2.45, 2.75) is 58.3 Å². The number of aliphatic hydroxyl groups is 2. The Balaban J connectivity index is 1.55. The Morgan fingerprint density at radius 2 is 1.29 bits per heavy atom. The third-order valence-electron chi connectivity index (χ3n) is 6.66. The van der Waals surface area contributed by atoms with Gasteiger partial charge in [-0.05, 0) is 45.9 Å². The fourth-order valence-electron chi connectivity index (χ4n) is 4.70. The predicted molar refractivity (Wildman–Crippen MR) is 151 cm³/mol. The summed E-state index contributed by atoms with van der Waals surface area (Å²) in [4.78, 5) is 15.4. The molecular weight excluding hydrogens is 474 g/mol. The molecule has 0 aliphatic heterocycles. The van der Waals surface area contributed by atoms with Crippen LogP contribution in [0.4, 0.5) is 0 Å². The molecule has 0 saturated carbocycles. The molecule has 4 aromatic carbocycles. The van der Waals surface area contributed by atoms with Gasteiger partial charge in [0.2, 0.25) is 0 Å². The number of hydrogen-bond donors (Lipinski definition) is 2. The van der Waals surface area contributed by atoms with E-state index in [2.05, 4.69) is 0 Å². The van der Waals surface area contributed by atoms with Crippen LogP contribution in [0, 0.1) is 5.92 Å². The maximum Gasteiger partial charge on any atom is 0.254 e. The van der Waals surface area contributed by atoms with Crippen molar-refractivity contribution < 1.29 is 19.7 Å². The maximum absolute atomic E-state index is 13.8. The van der Waals surface area contributed by atoms with E-state index < -0.39 is 24.2 Å². The molecule has 38 heavy (non-hydrogen) atoms. The number of ether oxygens (including phenoxy) is 1. The number of amides is 1. The summed E-state index contributed by atoms with van der Waals surface area (Å²) < 4.78 is 6.13. The molecule has 0 radical (unpaired) electrons. The summed E-state index contributed by atoms with van der Waals surface area (Å²) in [6.45, 7) is 4.84. The standard InChI is InChI=1S/C33H37NO4/c1-24(2)19-30(35)32(38-23-27-17-18-28-15-9-10-16-29(28)20-27)31(36)33(37)34(21-25-11-5-3-6-12-25)22-26-13-7-4-8-14-26/h3-18,20,24,30-32,35-36H,19,21-23H2,1-2H3. The van der Waals surface area contributed by atoms with Crippen LogP contribution in [0.25, 0.3) is 10.8 Å². The van der Waals surface area contributed by atoms with Crippen LogP contribution in [0.15, 0.2) is 103 Å².